The van der Waals surface area contributed by atoms with Crippen LogP contribution in [0.4, 0.5) is 0 Å². The summed E-state index contributed by atoms with van der Waals surface area (Å²) in [4.78, 5) is 17.1. The Bertz CT molecular complexity index is 325. The van der Waals surface area contributed by atoms with Gasteiger partial charge >= 0.3 is 0 Å². The number of piperazine rings is 1. The van der Waals surface area contributed by atoms with Gasteiger partial charge in [0.1, 0.15) is 6.04 Å². The Hall–Kier alpha value is -0.650. The van der Waals surface area contributed by atoms with Gasteiger partial charge in [0.2, 0.25) is 5.91 Å². The predicted molar refractivity (Wildman–Crippen MR) is 73.0 cm³/mol. The highest BCUT2D eigenvalue weighted by Gasteiger charge is 2.34. The quantitative estimate of drug-likeness (QED) is 0.768. The average molecular weight is 267 g/mol. The molecule has 2 aliphatic heterocycles. The zero-order valence-electron chi connectivity index (χ0n) is 11.8. The smallest absolute Gasteiger partial charge is 0.242 e. The molecule has 2 heterocycles. The molecule has 0 aromatic carbocycles. The summed E-state index contributed by atoms with van der Waals surface area (Å²) >= 11 is 0. The number of nitrogens with zero attached hydrogens (tertiary/aromatic N) is 2. The van der Waals surface area contributed by atoms with Crippen LogP contribution in [-0.4, -0.2) is 73.2 Å². The molecule has 3 fully saturated rings. The summed E-state index contributed by atoms with van der Waals surface area (Å²) in [5, 5.41) is 3.29. The first-order chi connectivity index (χ1) is 9.25. The van der Waals surface area contributed by atoms with Gasteiger partial charge in [-0.15, -0.1) is 0 Å². The largest absolute Gasteiger partial charge is 0.375 e. The van der Waals surface area contributed by atoms with Crippen molar-refractivity contribution in [1.29, 1.82) is 0 Å². The van der Waals surface area contributed by atoms with Crippen LogP contribution in [0.15, 0.2) is 0 Å². The molecule has 0 aromatic heterocycles. The Labute approximate surface area is 115 Å². The third-order valence-corrected chi connectivity index (χ3v) is 4.80. The summed E-state index contributed by atoms with van der Waals surface area (Å²) in [6.07, 6.45) is 4.07. The molecule has 0 bridgehead atoms. The third-order valence-electron chi connectivity index (χ3n) is 4.80. The van der Waals surface area contributed by atoms with Crippen LogP contribution < -0.4 is 5.32 Å². The molecule has 0 spiro atoms. The molecule has 3 rings (SSSR count). The highest BCUT2D eigenvalue weighted by Crippen LogP contribution is 2.25. The van der Waals surface area contributed by atoms with E-state index < -0.39 is 0 Å². The fourth-order valence-corrected chi connectivity index (χ4v) is 3.27. The molecule has 1 amide bonds. The van der Waals surface area contributed by atoms with Crippen molar-refractivity contribution in [3.63, 3.8) is 0 Å². The maximum absolute atomic E-state index is 12.5. The summed E-state index contributed by atoms with van der Waals surface area (Å²) in [5.74, 6) is 0.223. The van der Waals surface area contributed by atoms with E-state index in [0.717, 1.165) is 38.8 Å². The van der Waals surface area contributed by atoms with Gasteiger partial charge < -0.3 is 15.0 Å². The highest BCUT2D eigenvalue weighted by molar-refractivity contribution is 5.82. The van der Waals surface area contributed by atoms with Crippen LogP contribution in [0, 0.1) is 0 Å². The number of nitrogens with one attached hydrogen (secondary N) is 1. The van der Waals surface area contributed by atoms with Crippen molar-refractivity contribution in [3.8, 4) is 0 Å². The molecule has 3 aliphatic rings. The summed E-state index contributed by atoms with van der Waals surface area (Å²) in [6.45, 7) is 7.31. The molecule has 0 radical (unpaired) electrons. The van der Waals surface area contributed by atoms with E-state index in [9.17, 15) is 4.79 Å². The number of carbonyl (C=O) groups excluding carboxylic acids is 1. The third kappa shape index (κ3) is 2.78. The first-order valence-electron chi connectivity index (χ1n) is 7.63. The number of hydrogen-bond acceptors (Lipinski definition) is 4. The zero-order chi connectivity index (χ0) is 13.2. The second-order valence-corrected chi connectivity index (χ2v) is 5.95. The van der Waals surface area contributed by atoms with Gasteiger partial charge in [-0.25, -0.2) is 0 Å². The average Bonchev–Trinajstić information content (AvgIpc) is 2.37. The maximum Gasteiger partial charge on any atom is 0.242 e. The van der Waals surface area contributed by atoms with Crippen molar-refractivity contribution >= 4 is 5.91 Å². The zero-order valence-corrected chi connectivity index (χ0v) is 11.8. The molecule has 0 aromatic rings. The molecule has 1 N–H and O–H groups in total. The Morgan fingerprint density at radius 1 is 1.21 bits per heavy atom. The minimum absolute atomic E-state index is 0.00842. The molecule has 19 heavy (non-hydrogen) atoms. The molecule has 1 aliphatic carbocycles. The molecule has 0 unspecified atom stereocenters. The molecular weight excluding hydrogens is 242 g/mol. The molecule has 1 saturated carbocycles. The van der Waals surface area contributed by atoms with Gasteiger partial charge in [0.15, 0.2) is 0 Å². The minimum Gasteiger partial charge on any atom is -0.375 e. The number of ether oxygens (including phenoxy) is 1. The molecule has 2 atom stereocenters. The van der Waals surface area contributed by atoms with E-state index in [1.807, 2.05) is 11.8 Å². The second kappa shape index (κ2) is 5.77. The van der Waals surface area contributed by atoms with Gasteiger partial charge in [-0.05, 0) is 19.8 Å². The molecule has 5 heteroatoms. The monoisotopic (exact) mass is 267 g/mol. The first kappa shape index (κ1) is 13.3. The van der Waals surface area contributed by atoms with E-state index in [1.165, 1.54) is 19.3 Å². The van der Waals surface area contributed by atoms with E-state index in [1.54, 1.807) is 0 Å². The van der Waals surface area contributed by atoms with Crippen LogP contribution in [-0.2, 0) is 9.53 Å². The number of hydrogen-bond donors (Lipinski definition) is 1. The topological polar surface area (TPSA) is 44.8 Å². The number of carbonyl (C=O) groups is 1. The van der Waals surface area contributed by atoms with Gasteiger partial charge in [-0.1, -0.05) is 6.42 Å². The van der Waals surface area contributed by atoms with Crippen molar-refractivity contribution in [2.24, 2.45) is 0 Å². The molecular formula is C14H25N3O2. The SMILES string of the molecule is C[C@H]1OCCN[C@@H]1C(=O)N1CCN(C2CCC2)CC1. The van der Waals surface area contributed by atoms with Gasteiger partial charge in [-0.2, -0.15) is 0 Å². The van der Waals surface area contributed by atoms with E-state index in [0.29, 0.717) is 6.61 Å². The summed E-state index contributed by atoms with van der Waals surface area (Å²) in [5.41, 5.74) is 0. The molecule has 2 saturated heterocycles. The lowest BCUT2D eigenvalue weighted by Crippen LogP contribution is -2.60. The fourth-order valence-electron chi connectivity index (χ4n) is 3.27. The summed E-state index contributed by atoms with van der Waals surface area (Å²) in [6, 6.07) is 0.649. The summed E-state index contributed by atoms with van der Waals surface area (Å²) in [7, 11) is 0. The lowest BCUT2D eigenvalue weighted by atomic mass is 9.91. The van der Waals surface area contributed by atoms with E-state index >= 15 is 0 Å². The van der Waals surface area contributed by atoms with Crippen molar-refractivity contribution < 1.29 is 9.53 Å². The van der Waals surface area contributed by atoms with Gasteiger partial charge in [0.25, 0.3) is 0 Å². The highest BCUT2D eigenvalue weighted by atomic mass is 16.5. The Kier molecular flexibility index (Phi) is 4.05. The summed E-state index contributed by atoms with van der Waals surface area (Å²) < 4.78 is 5.57. The Morgan fingerprint density at radius 3 is 2.53 bits per heavy atom. The van der Waals surface area contributed by atoms with Gasteiger partial charge in [0.05, 0.1) is 12.7 Å². The molecule has 5 nitrogen and oxygen atoms in total. The van der Waals surface area contributed by atoms with Crippen LogP contribution >= 0.6 is 0 Å². The van der Waals surface area contributed by atoms with Crippen LogP contribution in [0.2, 0.25) is 0 Å². The van der Waals surface area contributed by atoms with Crippen LogP contribution in [0.5, 0.6) is 0 Å². The van der Waals surface area contributed by atoms with Crippen LogP contribution in [0.25, 0.3) is 0 Å². The Morgan fingerprint density at radius 2 is 1.95 bits per heavy atom. The maximum atomic E-state index is 12.5. The minimum atomic E-state index is -0.149. The fraction of sp³-hybridized carbons (Fsp3) is 0.929. The van der Waals surface area contributed by atoms with E-state index in [4.69, 9.17) is 4.74 Å². The number of morpholine rings is 1. The lowest BCUT2D eigenvalue weighted by molar-refractivity contribution is -0.141. The van der Waals surface area contributed by atoms with Crippen molar-refractivity contribution in [2.45, 2.75) is 44.4 Å². The van der Waals surface area contributed by atoms with Gasteiger partial charge in [0, 0.05) is 38.8 Å². The van der Waals surface area contributed by atoms with Crippen LogP contribution in [0.1, 0.15) is 26.2 Å². The van der Waals surface area contributed by atoms with E-state index in [-0.39, 0.29) is 18.1 Å². The first-order valence-corrected chi connectivity index (χ1v) is 7.63. The molecule has 108 valence electrons. The second-order valence-electron chi connectivity index (χ2n) is 5.95. The normalized spacial score (nSPS) is 34.1. The van der Waals surface area contributed by atoms with Crippen molar-refractivity contribution in [3.05, 3.63) is 0 Å². The predicted octanol–water partition coefficient (Wildman–Crippen LogP) is 0.0600. The lowest BCUT2D eigenvalue weighted by Gasteiger charge is -2.44. The van der Waals surface area contributed by atoms with Crippen molar-refractivity contribution in [2.75, 3.05) is 39.3 Å². The van der Waals surface area contributed by atoms with Crippen LogP contribution in [0.3, 0.4) is 0 Å². The standard InChI is InChI=1S/C14H25N3O2/c1-11-13(15-5-10-19-11)14(18)17-8-6-16(7-9-17)12-3-2-4-12/h11-13,15H,2-10H2,1H3/t11-,13+/m1/s1. The Balaban J connectivity index is 1.51. The van der Waals surface area contributed by atoms with Crippen molar-refractivity contribution in [1.82, 2.24) is 15.1 Å². The number of amides is 1. The number of rotatable bonds is 2. The van der Waals surface area contributed by atoms with E-state index in [2.05, 4.69) is 10.2 Å². The van der Waals surface area contributed by atoms with Gasteiger partial charge in [-0.3, -0.25) is 9.69 Å².